The second-order valence-corrected chi connectivity index (χ2v) is 4.71. The highest BCUT2D eigenvalue weighted by Gasteiger charge is 2.12. The molecule has 1 aromatic carbocycles. The van der Waals surface area contributed by atoms with E-state index < -0.39 is 11.6 Å². The van der Waals surface area contributed by atoms with Crippen LogP contribution in [0.25, 0.3) is 0 Å². The topological polar surface area (TPSA) is 51.0 Å². The Morgan fingerprint density at radius 3 is 2.85 bits per heavy atom. The number of benzene rings is 1. The summed E-state index contributed by atoms with van der Waals surface area (Å²) in [5.41, 5.74) is 0.313. The van der Waals surface area contributed by atoms with Crippen LogP contribution in [-0.4, -0.2) is 23.2 Å². The molecule has 0 aliphatic carbocycles. The minimum Gasteiger partial charge on any atom is -0.339 e. The average Bonchev–Trinajstić information content (AvgIpc) is 2.88. The highest BCUT2D eigenvalue weighted by Crippen LogP contribution is 2.14. The van der Waals surface area contributed by atoms with Gasteiger partial charge in [-0.1, -0.05) is 17.3 Å². The van der Waals surface area contributed by atoms with E-state index in [1.165, 1.54) is 6.07 Å². The molecule has 108 valence electrons. The molecule has 0 amide bonds. The maximum Gasteiger partial charge on any atom is 0.226 e. The molecule has 6 heteroatoms. The standard InChI is InChI=1S/C14H17F2N3O/c1-9(17-2)8-12-18-13(20-19-12)7-6-10-4-3-5-11(15)14(10)16/h3-5,9,17H,6-8H2,1-2H3. The lowest BCUT2D eigenvalue weighted by atomic mass is 10.1. The van der Waals surface area contributed by atoms with Gasteiger partial charge in [0.15, 0.2) is 17.5 Å². The Balaban J connectivity index is 1.96. The zero-order valence-electron chi connectivity index (χ0n) is 11.5. The Kier molecular flexibility index (Phi) is 4.79. The smallest absolute Gasteiger partial charge is 0.226 e. The van der Waals surface area contributed by atoms with Crippen molar-refractivity contribution in [2.45, 2.75) is 32.2 Å². The molecule has 4 nitrogen and oxygen atoms in total. The van der Waals surface area contributed by atoms with E-state index in [4.69, 9.17) is 4.52 Å². The highest BCUT2D eigenvalue weighted by atomic mass is 19.2. The molecule has 1 unspecified atom stereocenters. The van der Waals surface area contributed by atoms with Crippen LogP contribution in [0.5, 0.6) is 0 Å². The number of aryl methyl sites for hydroxylation is 2. The predicted molar refractivity (Wildman–Crippen MR) is 70.3 cm³/mol. The Morgan fingerprint density at radius 1 is 1.30 bits per heavy atom. The van der Waals surface area contributed by atoms with Gasteiger partial charge in [-0.15, -0.1) is 0 Å². The predicted octanol–water partition coefficient (Wildman–Crippen LogP) is 2.28. The maximum atomic E-state index is 13.5. The fourth-order valence-electron chi connectivity index (χ4n) is 1.83. The molecule has 20 heavy (non-hydrogen) atoms. The van der Waals surface area contributed by atoms with Crippen LogP contribution >= 0.6 is 0 Å². The van der Waals surface area contributed by atoms with E-state index in [0.29, 0.717) is 36.5 Å². The fraction of sp³-hybridized carbons (Fsp3) is 0.429. The van der Waals surface area contributed by atoms with Gasteiger partial charge < -0.3 is 9.84 Å². The molecule has 1 N–H and O–H groups in total. The molecule has 0 fully saturated rings. The van der Waals surface area contributed by atoms with Crippen molar-refractivity contribution in [2.75, 3.05) is 7.05 Å². The lowest BCUT2D eigenvalue weighted by Crippen LogP contribution is -2.24. The van der Waals surface area contributed by atoms with Gasteiger partial charge in [0.2, 0.25) is 5.89 Å². The summed E-state index contributed by atoms with van der Waals surface area (Å²) in [4.78, 5) is 4.23. The third-order valence-electron chi connectivity index (χ3n) is 3.13. The molecule has 2 aromatic rings. The maximum absolute atomic E-state index is 13.5. The SMILES string of the molecule is CNC(C)Cc1noc(CCc2cccc(F)c2F)n1. The summed E-state index contributed by atoms with van der Waals surface area (Å²) in [5, 5.41) is 6.94. The van der Waals surface area contributed by atoms with Crippen LogP contribution in [0.4, 0.5) is 8.78 Å². The van der Waals surface area contributed by atoms with Crippen molar-refractivity contribution in [3.05, 3.63) is 47.1 Å². The van der Waals surface area contributed by atoms with Gasteiger partial charge >= 0.3 is 0 Å². The van der Waals surface area contributed by atoms with Crippen molar-refractivity contribution < 1.29 is 13.3 Å². The number of hydrogen-bond donors (Lipinski definition) is 1. The summed E-state index contributed by atoms with van der Waals surface area (Å²) in [6.07, 6.45) is 1.38. The first-order valence-corrected chi connectivity index (χ1v) is 6.51. The summed E-state index contributed by atoms with van der Waals surface area (Å²) in [5.74, 6) is -0.596. The summed E-state index contributed by atoms with van der Waals surface area (Å²) < 4.78 is 31.6. The summed E-state index contributed by atoms with van der Waals surface area (Å²) in [6.45, 7) is 2.01. The van der Waals surface area contributed by atoms with Gasteiger partial charge in [-0.05, 0) is 32.0 Å². The monoisotopic (exact) mass is 281 g/mol. The van der Waals surface area contributed by atoms with Crippen molar-refractivity contribution in [3.8, 4) is 0 Å². The van der Waals surface area contributed by atoms with Crippen LogP contribution in [0.3, 0.4) is 0 Å². The number of halogens is 2. The lowest BCUT2D eigenvalue weighted by Gasteiger charge is -2.04. The molecule has 0 spiro atoms. The molecule has 0 bridgehead atoms. The van der Waals surface area contributed by atoms with Gasteiger partial charge in [0.1, 0.15) is 0 Å². The van der Waals surface area contributed by atoms with Crippen molar-refractivity contribution in [1.29, 1.82) is 0 Å². The van der Waals surface area contributed by atoms with Gasteiger partial charge in [0.05, 0.1) is 0 Å². The minimum absolute atomic E-state index is 0.251. The van der Waals surface area contributed by atoms with Crippen molar-refractivity contribution in [3.63, 3.8) is 0 Å². The van der Waals surface area contributed by atoms with E-state index in [1.54, 1.807) is 6.07 Å². The molecular weight excluding hydrogens is 264 g/mol. The van der Waals surface area contributed by atoms with E-state index in [-0.39, 0.29) is 6.04 Å². The first kappa shape index (κ1) is 14.6. The number of nitrogens with zero attached hydrogens (tertiary/aromatic N) is 2. The molecule has 1 atom stereocenters. The van der Waals surface area contributed by atoms with Gasteiger partial charge in [-0.3, -0.25) is 0 Å². The largest absolute Gasteiger partial charge is 0.339 e. The second-order valence-electron chi connectivity index (χ2n) is 4.71. The minimum atomic E-state index is -0.837. The van der Waals surface area contributed by atoms with E-state index in [0.717, 1.165) is 6.07 Å². The lowest BCUT2D eigenvalue weighted by molar-refractivity contribution is 0.370. The number of rotatable bonds is 6. The molecule has 0 radical (unpaired) electrons. The van der Waals surface area contributed by atoms with Crippen LogP contribution < -0.4 is 5.32 Å². The number of hydrogen-bond acceptors (Lipinski definition) is 4. The van der Waals surface area contributed by atoms with E-state index in [2.05, 4.69) is 15.5 Å². The fourth-order valence-corrected chi connectivity index (χ4v) is 1.83. The summed E-state index contributed by atoms with van der Waals surface area (Å²) in [6, 6.07) is 4.39. The van der Waals surface area contributed by atoms with Gasteiger partial charge in [0.25, 0.3) is 0 Å². The van der Waals surface area contributed by atoms with Crippen LogP contribution in [0.2, 0.25) is 0 Å². The number of likely N-dealkylation sites (N-methyl/N-ethyl adjacent to an activating group) is 1. The van der Waals surface area contributed by atoms with Crippen molar-refractivity contribution in [1.82, 2.24) is 15.5 Å². The quantitative estimate of drug-likeness (QED) is 0.882. The van der Waals surface area contributed by atoms with Gasteiger partial charge in [-0.25, -0.2) is 8.78 Å². The Bertz CT molecular complexity index is 571. The van der Waals surface area contributed by atoms with Crippen molar-refractivity contribution in [2.24, 2.45) is 0 Å². The Morgan fingerprint density at radius 2 is 2.10 bits per heavy atom. The van der Waals surface area contributed by atoms with E-state index >= 15 is 0 Å². The number of nitrogens with one attached hydrogen (secondary N) is 1. The number of aromatic nitrogens is 2. The van der Waals surface area contributed by atoms with E-state index in [1.807, 2.05) is 14.0 Å². The molecule has 2 rings (SSSR count). The third kappa shape index (κ3) is 3.60. The third-order valence-corrected chi connectivity index (χ3v) is 3.13. The normalized spacial score (nSPS) is 12.6. The summed E-state index contributed by atoms with van der Waals surface area (Å²) in [7, 11) is 1.86. The Labute approximate surface area is 116 Å². The second kappa shape index (κ2) is 6.56. The first-order valence-electron chi connectivity index (χ1n) is 6.51. The molecule has 0 saturated heterocycles. The van der Waals surface area contributed by atoms with Crippen LogP contribution in [0.1, 0.15) is 24.2 Å². The average molecular weight is 281 g/mol. The van der Waals surface area contributed by atoms with Crippen LogP contribution in [0, 0.1) is 11.6 Å². The first-order chi connectivity index (χ1) is 9.60. The Hall–Kier alpha value is -1.82. The molecule has 1 heterocycles. The zero-order valence-corrected chi connectivity index (χ0v) is 11.5. The summed E-state index contributed by atoms with van der Waals surface area (Å²) >= 11 is 0. The van der Waals surface area contributed by atoms with Crippen molar-refractivity contribution >= 4 is 0 Å². The van der Waals surface area contributed by atoms with Crippen LogP contribution in [-0.2, 0) is 19.3 Å². The van der Waals surface area contributed by atoms with Gasteiger partial charge in [0, 0.05) is 18.9 Å². The highest BCUT2D eigenvalue weighted by molar-refractivity contribution is 5.19. The van der Waals surface area contributed by atoms with Crippen LogP contribution in [0.15, 0.2) is 22.7 Å². The van der Waals surface area contributed by atoms with Gasteiger partial charge in [-0.2, -0.15) is 4.98 Å². The molecule has 0 aliphatic heterocycles. The molecule has 0 aliphatic rings. The molecule has 0 saturated carbocycles. The molecular formula is C14H17F2N3O. The molecule has 1 aromatic heterocycles. The zero-order chi connectivity index (χ0) is 14.5. The van der Waals surface area contributed by atoms with E-state index in [9.17, 15) is 8.78 Å².